The smallest absolute Gasteiger partial charge is 0.277 e. The SMILES string of the molecule is CCC(=O)C(CCSSC(C)(C)CCC(=O)N[C@@H](C)C(=O)C[C@@H](C)C(=O)Nc1cc(COc2cc3c(cc2C)C(=O)N2c4ccccc4C[C@H]2C(O)C3)cc(COc2cc3c(cc2OC)C(=O)N2c4ccccc4C[C@H]2CC3)c1)S(=O)(=O)OC. The van der Waals surface area contributed by atoms with E-state index in [9.17, 15) is 42.3 Å². The van der Waals surface area contributed by atoms with Crippen molar-refractivity contribution < 1.29 is 60.7 Å². The lowest BCUT2D eigenvalue weighted by molar-refractivity contribution is -0.129. The monoisotopic (exact) mass is 1200 g/mol. The number of nitrogens with one attached hydrogen (secondary N) is 2. The maximum Gasteiger partial charge on any atom is 0.277 e. The van der Waals surface area contributed by atoms with Crippen LogP contribution in [0, 0.1) is 12.8 Å². The highest BCUT2D eigenvalue weighted by Gasteiger charge is 2.42. The third-order valence-electron chi connectivity index (χ3n) is 16.3. The largest absolute Gasteiger partial charge is 0.493 e. The van der Waals surface area contributed by atoms with Gasteiger partial charge in [-0.2, -0.15) is 8.42 Å². The number of ketones is 2. The molecule has 0 saturated carbocycles. The second kappa shape index (κ2) is 26.3. The summed E-state index contributed by atoms with van der Waals surface area (Å²) < 4.78 is 47.7. The number of hydrogen-bond donors (Lipinski definition) is 3. The highest BCUT2D eigenvalue weighted by atomic mass is 33.1. The molecule has 0 radical (unpaired) electrons. The normalized spacial score (nSPS) is 18.1. The first-order valence-electron chi connectivity index (χ1n) is 28.6. The van der Waals surface area contributed by atoms with Gasteiger partial charge in [-0.1, -0.05) is 71.8 Å². The molecular weight excluding hydrogens is 1130 g/mol. The van der Waals surface area contributed by atoms with E-state index in [4.69, 9.17) is 14.2 Å². The lowest BCUT2D eigenvalue weighted by Gasteiger charge is -2.26. The molecule has 4 heterocycles. The molecule has 3 N–H and O–H groups in total. The van der Waals surface area contributed by atoms with Crippen LogP contribution in [0.15, 0.2) is 91.0 Å². The lowest BCUT2D eigenvalue weighted by atomic mass is 9.96. The summed E-state index contributed by atoms with van der Waals surface area (Å²) in [7, 11) is 1.47. The number of fused-ring (bicyclic) bond motifs is 8. The number of aliphatic hydroxyl groups excluding tert-OH is 1. The number of aryl methyl sites for hydroxylation is 2. The summed E-state index contributed by atoms with van der Waals surface area (Å²) in [6.07, 6.45) is 2.82. The van der Waals surface area contributed by atoms with Gasteiger partial charge < -0.3 is 39.8 Å². The molecule has 4 aliphatic rings. The Morgan fingerprint density at radius 3 is 2.08 bits per heavy atom. The number of para-hydroxylation sites is 2. The molecule has 5 aromatic carbocycles. The number of Topliss-reactive ketones (excluding diaryl/α,β-unsaturated/α-hetero) is 2. The number of carbonyl (C=O) groups excluding carboxylic acids is 6. The van der Waals surface area contributed by atoms with Crippen LogP contribution >= 0.6 is 21.6 Å². The molecule has 20 heteroatoms. The van der Waals surface area contributed by atoms with Crippen molar-refractivity contribution in [3.63, 3.8) is 0 Å². The van der Waals surface area contributed by atoms with E-state index in [2.05, 4.69) is 20.9 Å². The van der Waals surface area contributed by atoms with Crippen LogP contribution in [0.3, 0.4) is 0 Å². The van der Waals surface area contributed by atoms with Gasteiger partial charge in [0.2, 0.25) is 11.8 Å². The molecule has 2 unspecified atom stereocenters. The number of carbonyl (C=O) groups is 6. The molecule has 6 atom stereocenters. The third-order valence-corrected chi connectivity index (χ3v) is 21.3. The summed E-state index contributed by atoms with van der Waals surface area (Å²) in [5.41, 5.74) is 9.00. The maximum atomic E-state index is 14.2. The molecule has 5 aromatic rings. The zero-order chi connectivity index (χ0) is 60.2. The second-order valence-electron chi connectivity index (χ2n) is 22.9. The van der Waals surface area contributed by atoms with Crippen molar-refractivity contribution in [2.45, 2.75) is 153 Å². The van der Waals surface area contributed by atoms with Crippen molar-refractivity contribution in [2.75, 3.05) is 35.1 Å². The molecule has 0 aromatic heterocycles. The van der Waals surface area contributed by atoms with Crippen molar-refractivity contribution in [2.24, 2.45) is 5.92 Å². The quantitative estimate of drug-likeness (QED) is 0.0281. The molecule has 0 fully saturated rings. The van der Waals surface area contributed by atoms with Gasteiger partial charge in [0.25, 0.3) is 21.9 Å². The fraction of sp³-hybridized carbons (Fsp3) is 0.438. The minimum absolute atomic E-state index is 0.0312. The Hall–Kier alpha value is -6.71. The summed E-state index contributed by atoms with van der Waals surface area (Å²) in [6, 6.07) is 27.3. The van der Waals surface area contributed by atoms with Gasteiger partial charge in [0, 0.05) is 76.3 Å². The molecule has 4 aliphatic heterocycles. The van der Waals surface area contributed by atoms with Gasteiger partial charge in [-0.05, 0) is 160 Å². The standard InChI is InChI=1S/C64H74N4O13S3/c1-9-53(69)59(84(76,77)79-8)21-23-82-83-64(5,6)22-20-60(72)65-39(4)54(70)25-38(3)61(73)66-46-27-40(35-80-56-33-45-31-55(71)52-30-44-15-11-13-17-51(44)68(52)63(75)48(45)24-37(56)2)26-41(28-46)36-81-58-32-42-18-19-47-29-43-14-10-12-16-50(43)67(47)62(74)49(42)34-57(58)78-7/h10-17,24,26-28,32-34,38-39,47,52,55,59,71H,9,18-23,25,29-31,35-36H2,1-8H3,(H,65,72)(H,66,73)/t38-,39+,47-,52+,55?,59?/m1/s1. The summed E-state index contributed by atoms with van der Waals surface area (Å²) in [5.74, 6) is -0.801. The highest BCUT2D eigenvalue weighted by molar-refractivity contribution is 8.77. The average molecular weight is 1200 g/mol. The Balaban J connectivity index is 0.868. The van der Waals surface area contributed by atoms with Gasteiger partial charge in [0.1, 0.15) is 24.2 Å². The van der Waals surface area contributed by atoms with Crippen LogP contribution < -0.4 is 34.6 Å². The molecule has 0 bridgehead atoms. The molecular formula is C64H74N4O13S3. The van der Waals surface area contributed by atoms with Crippen LogP contribution in [0.25, 0.3) is 0 Å². The van der Waals surface area contributed by atoms with Crippen molar-refractivity contribution in [1.29, 1.82) is 0 Å². The van der Waals surface area contributed by atoms with Crippen LogP contribution in [-0.2, 0) is 72.4 Å². The third kappa shape index (κ3) is 13.8. The van der Waals surface area contributed by atoms with Gasteiger partial charge >= 0.3 is 0 Å². The number of amides is 4. The molecule has 9 rings (SSSR count). The lowest BCUT2D eigenvalue weighted by Crippen LogP contribution is -2.43. The van der Waals surface area contributed by atoms with E-state index in [1.54, 1.807) is 43.9 Å². The average Bonchev–Trinajstić information content (AvgIpc) is 2.66. The van der Waals surface area contributed by atoms with Crippen LogP contribution in [0.4, 0.5) is 17.1 Å². The first kappa shape index (κ1) is 61.8. The highest BCUT2D eigenvalue weighted by Crippen LogP contribution is 2.43. The molecule has 0 aliphatic carbocycles. The van der Waals surface area contributed by atoms with E-state index in [-0.39, 0.29) is 74.9 Å². The van der Waals surface area contributed by atoms with E-state index >= 15 is 0 Å². The minimum Gasteiger partial charge on any atom is -0.493 e. The predicted octanol–water partition coefficient (Wildman–Crippen LogP) is 9.86. The Morgan fingerprint density at radius 2 is 1.40 bits per heavy atom. The number of nitrogens with zero attached hydrogens (tertiary/aromatic N) is 2. The second-order valence-corrected chi connectivity index (χ2v) is 27.9. The predicted molar refractivity (Wildman–Crippen MR) is 327 cm³/mol. The number of hydrogen-bond acceptors (Lipinski definition) is 15. The van der Waals surface area contributed by atoms with Gasteiger partial charge in [-0.3, -0.25) is 33.0 Å². The van der Waals surface area contributed by atoms with Crippen LogP contribution in [-0.4, -0.2) is 103 Å². The molecule has 0 spiro atoms. The van der Waals surface area contributed by atoms with Crippen LogP contribution in [0.1, 0.15) is 133 Å². The van der Waals surface area contributed by atoms with E-state index in [1.165, 1.54) is 28.7 Å². The van der Waals surface area contributed by atoms with E-state index in [1.807, 2.05) is 92.4 Å². The zero-order valence-electron chi connectivity index (χ0n) is 48.8. The minimum atomic E-state index is -4.01. The topological polar surface area (TPSA) is 224 Å². The Bertz CT molecular complexity index is 3480. The summed E-state index contributed by atoms with van der Waals surface area (Å²) in [4.78, 5) is 85.1. The van der Waals surface area contributed by atoms with Crippen molar-refractivity contribution >= 4 is 84.0 Å². The molecule has 17 nitrogen and oxygen atoms in total. The first-order valence-corrected chi connectivity index (χ1v) is 32.4. The maximum absolute atomic E-state index is 14.2. The van der Waals surface area contributed by atoms with E-state index in [0.717, 1.165) is 53.6 Å². The fourth-order valence-corrected chi connectivity index (χ4v) is 15.5. The molecule has 0 saturated heterocycles. The Morgan fingerprint density at radius 1 is 0.774 bits per heavy atom. The van der Waals surface area contributed by atoms with Gasteiger partial charge in [-0.15, -0.1) is 0 Å². The van der Waals surface area contributed by atoms with E-state index < -0.39 is 55.9 Å². The Labute approximate surface area is 499 Å². The van der Waals surface area contributed by atoms with Gasteiger partial charge in [0.15, 0.2) is 23.1 Å². The number of methoxy groups -OCH3 is 1. The Kier molecular flexibility index (Phi) is 19.3. The fourth-order valence-electron chi connectivity index (χ4n) is 11.6. The summed E-state index contributed by atoms with van der Waals surface area (Å²) >= 11 is 0. The number of ether oxygens (including phenoxy) is 3. The number of rotatable bonds is 25. The zero-order valence-corrected chi connectivity index (χ0v) is 51.2. The molecule has 4 amide bonds. The van der Waals surface area contributed by atoms with Crippen LogP contribution in [0.5, 0.6) is 17.2 Å². The number of aliphatic hydroxyl groups is 1. The van der Waals surface area contributed by atoms with Gasteiger partial charge in [-0.25, -0.2) is 0 Å². The number of anilines is 3. The van der Waals surface area contributed by atoms with Crippen molar-refractivity contribution in [3.8, 4) is 17.2 Å². The van der Waals surface area contributed by atoms with Gasteiger partial charge in [0.05, 0.1) is 32.4 Å². The van der Waals surface area contributed by atoms with E-state index in [0.29, 0.717) is 75.8 Å². The molecule has 84 heavy (non-hydrogen) atoms. The summed E-state index contributed by atoms with van der Waals surface area (Å²) in [6.45, 7) is 10.7. The number of benzene rings is 5. The first-order chi connectivity index (χ1) is 40.1. The van der Waals surface area contributed by atoms with Crippen molar-refractivity contribution in [1.82, 2.24) is 5.32 Å². The van der Waals surface area contributed by atoms with Crippen molar-refractivity contribution in [3.05, 3.63) is 141 Å². The molecule has 446 valence electrons. The summed E-state index contributed by atoms with van der Waals surface area (Å²) in [5, 5.41) is 16.1. The van der Waals surface area contributed by atoms with Crippen LogP contribution in [0.2, 0.25) is 0 Å².